The number of aromatic nitrogens is 4. The van der Waals surface area contributed by atoms with Crippen LogP contribution in [-0.4, -0.2) is 59.3 Å². The van der Waals surface area contributed by atoms with Crippen molar-refractivity contribution in [1.29, 1.82) is 0 Å². The molecule has 0 amide bonds. The van der Waals surface area contributed by atoms with Gasteiger partial charge in [0.05, 0.1) is 12.9 Å². The van der Waals surface area contributed by atoms with E-state index in [1.165, 1.54) is 24.1 Å². The molecule has 0 radical (unpaired) electrons. The van der Waals surface area contributed by atoms with Crippen molar-refractivity contribution in [3.05, 3.63) is 12.7 Å². The number of nitrogens with two attached hydrogens (primary N) is 1. The van der Waals surface area contributed by atoms with Crippen LogP contribution in [0.15, 0.2) is 12.7 Å². The number of hydrogen-bond acceptors (Lipinski definition) is 8. The van der Waals surface area contributed by atoms with Crippen LogP contribution >= 0.6 is 0 Å². The van der Waals surface area contributed by atoms with E-state index in [1.807, 2.05) is 0 Å². The molecule has 0 bridgehead atoms. The summed E-state index contributed by atoms with van der Waals surface area (Å²) in [5.41, 5.74) is 4.87. The van der Waals surface area contributed by atoms with E-state index in [2.05, 4.69) is 15.0 Å². The summed E-state index contributed by atoms with van der Waals surface area (Å²) in [5.74, 6) is 0.214. The highest BCUT2D eigenvalue weighted by Gasteiger charge is 2.53. The van der Waals surface area contributed by atoms with Gasteiger partial charge in [0.2, 0.25) is 0 Å². The minimum atomic E-state index is -1.60. The van der Waals surface area contributed by atoms with Crippen molar-refractivity contribution in [2.45, 2.75) is 31.0 Å². The minimum absolute atomic E-state index is 0.214. The molecule has 108 valence electrons. The van der Waals surface area contributed by atoms with Crippen molar-refractivity contribution in [2.75, 3.05) is 12.3 Å². The van der Waals surface area contributed by atoms with Gasteiger partial charge in [0, 0.05) is 0 Å². The zero-order valence-electron chi connectivity index (χ0n) is 10.7. The zero-order valence-corrected chi connectivity index (χ0v) is 10.7. The molecule has 5 N–H and O–H groups in total. The molecule has 1 fully saturated rings. The third-order valence-electron chi connectivity index (χ3n) is 3.57. The molecule has 4 atom stereocenters. The zero-order chi connectivity index (χ0) is 14.5. The lowest BCUT2D eigenvalue weighted by molar-refractivity contribution is -0.0950. The van der Waals surface area contributed by atoms with E-state index < -0.39 is 30.6 Å². The van der Waals surface area contributed by atoms with Crippen LogP contribution < -0.4 is 5.73 Å². The van der Waals surface area contributed by atoms with Crippen LogP contribution in [0.25, 0.3) is 11.2 Å². The largest absolute Gasteiger partial charge is 0.394 e. The fourth-order valence-corrected chi connectivity index (χ4v) is 2.43. The molecule has 1 aliphatic rings. The molecule has 9 nitrogen and oxygen atoms in total. The second kappa shape index (κ2) is 4.35. The number of nitrogens with zero attached hydrogens (tertiary/aromatic N) is 4. The molecule has 3 rings (SSSR count). The van der Waals surface area contributed by atoms with Gasteiger partial charge in [0.1, 0.15) is 29.7 Å². The topological polar surface area (TPSA) is 140 Å². The second-order valence-electron chi connectivity index (χ2n) is 4.96. The molecule has 0 aliphatic carbocycles. The SMILES string of the molecule is C[C@@]1(O)C(O)C(CO)OC1n1cnc2c(N)ncnc21. The summed E-state index contributed by atoms with van der Waals surface area (Å²) in [6.07, 6.45) is -0.365. The van der Waals surface area contributed by atoms with Crippen molar-refractivity contribution < 1.29 is 20.1 Å². The lowest BCUT2D eigenvalue weighted by Crippen LogP contribution is -2.44. The number of rotatable bonds is 2. The summed E-state index contributed by atoms with van der Waals surface area (Å²) in [7, 11) is 0. The van der Waals surface area contributed by atoms with E-state index in [0.29, 0.717) is 11.2 Å². The Morgan fingerprint density at radius 2 is 2.20 bits per heavy atom. The van der Waals surface area contributed by atoms with Crippen LogP contribution in [0.4, 0.5) is 5.82 Å². The molecule has 2 aromatic heterocycles. The highest BCUT2D eigenvalue weighted by atomic mass is 16.6. The van der Waals surface area contributed by atoms with Gasteiger partial charge in [-0.1, -0.05) is 0 Å². The van der Waals surface area contributed by atoms with Crippen LogP contribution in [0.3, 0.4) is 0 Å². The predicted octanol–water partition coefficient (Wildman–Crippen LogP) is -1.59. The average molecular weight is 281 g/mol. The molecular formula is C11H15N5O4. The lowest BCUT2D eigenvalue weighted by atomic mass is 9.96. The summed E-state index contributed by atoms with van der Waals surface area (Å²) in [4.78, 5) is 12.0. The maximum atomic E-state index is 10.4. The summed E-state index contributed by atoms with van der Waals surface area (Å²) in [5, 5.41) is 29.6. The molecule has 0 aromatic carbocycles. The van der Waals surface area contributed by atoms with E-state index in [0.717, 1.165) is 0 Å². The molecule has 1 aliphatic heterocycles. The van der Waals surface area contributed by atoms with Gasteiger partial charge in [0.15, 0.2) is 17.7 Å². The first kappa shape index (κ1) is 13.2. The van der Waals surface area contributed by atoms with E-state index in [9.17, 15) is 15.3 Å². The van der Waals surface area contributed by atoms with Gasteiger partial charge < -0.3 is 25.8 Å². The Balaban J connectivity index is 2.10. The standard InChI is InChI=1S/C11H15N5O4/c1-11(19)7(18)5(2-17)20-10(11)16-4-15-6-8(12)13-3-14-9(6)16/h3-5,7,10,17-19H,2H2,1H3,(H2,12,13,14)/t5?,7?,10?,11-/m1/s1. The number of hydrogen-bond donors (Lipinski definition) is 4. The molecule has 2 aromatic rings. The van der Waals surface area contributed by atoms with Crippen molar-refractivity contribution in [3.8, 4) is 0 Å². The number of aliphatic hydroxyl groups is 3. The Morgan fingerprint density at radius 3 is 2.85 bits per heavy atom. The Morgan fingerprint density at radius 1 is 1.45 bits per heavy atom. The van der Waals surface area contributed by atoms with Gasteiger partial charge in [0.25, 0.3) is 0 Å². The monoisotopic (exact) mass is 281 g/mol. The fourth-order valence-electron chi connectivity index (χ4n) is 2.43. The van der Waals surface area contributed by atoms with Crippen molar-refractivity contribution in [1.82, 2.24) is 19.5 Å². The van der Waals surface area contributed by atoms with Gasteiger partial charge in [-0.25, -0.2) is 15.0 Å². The molecule has 20 heavy (non-hydrogen) atoms. The van der Waals surface area contributed by atoms with Gasteiger partial charge in [-0.2, -0.15) is 0 Å². The molecule has 9 heteroatoms. The first-order chi connectivity index (χ1) is 9.46. The number of nitrogen functional groups attached to an aromatic ring is 1. The highest BCUT2D eigenvalue weighted by molar-refractivity contribution is 5.81. The van der Waals surface area contributed by atoms with Crippen LogP contribution in [0.1, 0.15) is 13.2 Å². The van der Waals surface area contributed by atoms with Crippen LogP contribution in [0.2, 0.25) is 0 Å². The van der Waals surface area contributed by atoms with Gasteiger partial charge in [-0.3, -0.25) is 4.57 Å². The maximum absolute atomic E-state index is 10.4. The molecule has 3 unspecified atom stereocenters. The molecular weight excluding hydrogens is 266 g/mol. The van der Waals surface area contributed by atoms with Crippen molar-refractivity contribution >= 4 is 17.0 Å². The number of fused-ring (bicyclic) bond motifs is 1. The van der Waals surface area contributed by atoms with E-state index in [1.54, 1.807) is 0 Å². The van der Waals surface area contributed by atoms with E-state index in [4.69, 9.17) is 10.5 Å². The first-order valence-corrected chi connectivity index (χ1v) is 6.06. The van der Waals surface area contributed by atoms with Crippen molar-refractivity contribution in [2.24, 2.45) is 0 Å². The summed E-state index contributed by atoms with van der Waals surface area (Å²) in [6.45, 7) is 1.02. The van der Waals surface area contributed by atoms with Crippen LogP contribution in [-0.2, 0) is 4.74 Å². The van der Waals surface area contributed by atoms with Crippen LogP contribution in [0.5, 0.6) is 0 Å². The van der Waals surface area contributed by atoms with Gasteiger partial charge >= 0.3 is 0 Å². The Labute approximate surface area is 113 Å². The average Bonchev–Trinajstić information content (AvgIpc) is 2.92. The fraction of sp³-hybridized carbons (Fsp3) is 0.545. The summed E-state index contributed by atoms with van der Waals surface area (Å²) >= 11 is 0. The Bertz CT molecular complexity index is 643. The molecule has 0 spiro atoms. The number of aliphatic hydroxyl groups excluding tert-OH is 2. The lowest BCUT2D eigenvalue weighted by Gasteiger charge is -2.27. The van der Waals surface area contributed by atoms with Crippen molar-refractivity contribution in [3.63, 3.8) is 0 Å². The maximum Gasteiger partial charge on any atom is 0.168 e. The quantitative estimate of drug-likeness (QED) is 0.516. The number of imidazole rings is 1. The molecule has 3 heterocycles. The number of ether oxygens (including phenoxy) is 1. The first-order valence-electron chi connectivity index (χ1n) is 6.06. The normalized spacial score (nSPS) is 33.9. The highest BCUT2D eigenvalue weighted by Crippen LogP contribution is 2.39. The van der Waals surface area contributed by atoms with Crippen LogP contribution in [0, 0.1) is 0 Å². The smallest absolute Gasteiger partial charge is 0.168 e. The second-order valence-corrected chi connectivity index (χ2v) is 4.96. The molecule has 0 saturated carbocycles. The third kappa shape index (κ3) is 1.68. The third-order valence-corrected chi connectivity index (χ3v) is 3.57. The number of anilines is 1. The minimum Gasteiger partial charge on any atom is -0.394 e. The Kier molecular flexibility index (Phi) is 2.87. The summed E-state index contributed by atoms with van der Waals surface area (Å²) < 4.78 is 6.97. The van der Waals surface area contributed by atoms with Gasteiger partial charge in [-0.05, 0) is 6.92 Å². The van der Waals surface area contributed by atoms with E-state index in [-0.39, 0.29) is 5.82 Å². The molecule has 1 saturated heterocycles. The van der Waals surface area contributed by atoms with E-state index >= 15 is 0 Å². The Hall–Kier alpha value is -1.81. The summed E-state index contributed by atoms with van der Waals surface area (Å²) in [6, 6.07) is 0. The van der Waals surface area contributed by atoms with Gasteiger partial charge in [-0.15, -0.1) is 0 Å². The predicted molar refractivity (Wildman–Crippen MR) is 67.4 cm³/mol.